The van der Waals surface area contributed by atoms with E-state index in [1.54, 1.807) is 24.3 Å². The summed E-state index contributed by atoms with van der Waals surface area (Å²) in [5.74, 6) is -0.252. The van der Waals surface area contributed by atoms with Gasteiger partial charge in [-0.2, -0.15) is 0 Å². The quantitative estimate of drug-likeness (QED) is 0.807. The molecule has 3 amide bonds. The highest BCUT2D eigenvalue weighted by Crippen LogP contribution is 2.23. The number of aryl methyl sites for hydroxylation is 1. The Balaban J connectivity index is 1.75. The first-order valence-corrected chi connectivity index (χ1v) is 9.35. The summed E-state index contributed by atoms with van der Waals surface area (Å²) in [5, 5.41) is 2.64. The zero-order chi connectivity index (χ0) is 18.0. The molecule has 1 aliphatic heterocycles. The lowest BCUT2D eigenvalue weighted by Gasteiger charge is -2.14. The first-order valence-electron chi connectivity index (χ1n) is 7.57. The van der Waals surface area contributed by atoms with Gasteiger partial charge in [-0.25, -0.2) is 0 Å². The molecule has 2 aromatic carbocycles. The zero-order valence-corrected chi connectivity index (χ0v) is 15.8. The van der Waals surface area contributed by atoms with E-state index in [2.05, 4.69) is 21.2 Å². The zero-order valence-electron chi connectivity index (χ0n) is 13.4. The molecule has 0 saturated carbocycles. The maximum Gasteiger partial charge on any atom is 0.289 e. The largest absolute Gasteiger partial charge is 0.322 e. The van der Waals surface area contributed by atoms with Crippen molar-refractivity contribution in [1.29, 1.82) is 0 Å². The Kier molecular flexibility index (Phi) is 5.24. The Labute approximate surface area is 157 Å². The van der Waals surface area contributed by atoms with Crippen LogP contribution in [0.25, 0.3) is 0 Å². The van der Waals surface area contributed by atoms with Gasteiger partial charge in [-0.1, -0.05) is 39.8 Å². The number of hydrogen-bond acceptors (Lipinski definition) is 4. The van der Waals surface area contributed by atoms with Crippen LogP contribution in [0, 0.1) is 6.92 Å². The summed E-state index contributed by atoms with van der Waals surface area (Å²) in [7, 11) is 0. The van der Waals surface area contributed by atoms with Crippen molar-refractivity contribution < 1.29 is 14.4 Å². The summed E-state index contributed by atoms with van der Waals surface area (Å²) >= 11 is 4.40. The average molecular weight is 419 g/mol. The number of halogens is 1. The number of rotatable bonds is 4. The second-order valence-electron chi connectivity index (χ2n) is 5.65. The third-order valence-corrected chi connectivity index (χ3v) is 5.16. The molecule has 0 bridgehead atoms. The van der Waals surface area contributed by atoms with Gasteiger partial charge in [0.05, 0.1) is 12.3 Å². The fourth-order valence-electron chi connectivity index (χ4n) is 2.49. The van der Waals surface area contributed by atoms with Crippen molar-refractivity contribution in [3.63, 3.8) is 0 Å². The Morgan fingerprint density at radius 1 is 1.24 bits per heavy atom. The Morgan fingerprint density at radius 3 is 2.72 bits per heavy atom. The maximum absolute atomic E-state index is 12.5. The van der Waals surface area contributed by atoms with Crippen LogP contribution in [0.4, 0.5) is 10.5 Å². The Bertz CT molecular complexity index is 853. The average Bonchev–Trinajstić information content (AvgIpc) is 2.89. The number of amides is 3. The fraction of sp³-hybridized carbons (Fsp3) is 0.167. The predicted octanol–water partition coefficient (Wildman–Crippen LogP) is 4.21. The summed E-state index contributed by atoms with van der Waals surface area (Å²) in [5.41, 5.74) is 2.90. The highest BCUT2D eigenvalue weighted by Gasteiger charge is 2.29. The summed E-state index contributed by atoms with van der Waals surface area (Å²) in [6.45, 7) is 2.10. The molecule has 1 saturated heterocycles. The van der Waals surface area contributed by atoms with Gasteiger partial charge in [-0.05, 0) is 48.4 Å². The number of nitrogens with zero attached hydrogens (tertiary/aromatic N) is 1. The van der Waals surface area contributed by atoms with Crippen LogP contribution in [0.15, 0.2) is 46.9 Å². The van der Waals surface area contributed by atoms with Gasteiger partial charge in [0, 0.05) is 15.7 Å². The SMILES string of the molecule is Cc1cc(Br)ccc1NC(=O)c1cccc(CN2C(=O)CSC2=O)c1. The molecule has 1 N–H and O–H groups in total. The number of imide groups is 1. The fourth-order valence-corrected chi connectivity index (χ4v) is 3.69. The smallest absolute Gasteiger partial charge is 0.289 e. The molecule has 0 spiro atoms. The number of carbonyl (C=O) groups is 3. The number of carbonyl (C=O) groups excluding carboxylic acids is 3. The topological polar surface area (TPSA) is 66.5 Å². The van der Waals surface area contributed by atoms with Crippen molar-refractivity contribution in [2.75, 3.05) is 11.1 Å². The van der Waals surface area contributed by atoms with E-state index in [1.807, 2.05) is 25.1 Å². The number of hydrogen-bond donors (Lipinski definition) is 1. The van der Waals surface area contributed by atoms with Crippen molar-refractivity contribution >= 4 is 50.4 Å². The molecule has 128 valence electrons. The van der Waals surface area contributed by atoms with Crippen molar-refractivity contribution in [2.24, 2.45) is 0 Å². The number of thioether (sulfide) groups is 1. The number of benzene rings is 2. The van der Waals surface area contributed by atoms with E-state index in [1.165, 1.54) is 4.90 Å². The minimum absolute atomic E-state index is 0.182. The molecule has 1 fully saturated rings. The lowest BCUT2D eigenvalue weighted by atomic mass is 10.1. The van der Waals surface area contributed by atoms with Crippen LogP contribution in [0.2, 0.25) is 0 Å². The minimum Gasteiger partial charge on any atom is -0.322 e. The van der Waals surface area contributed by atoms with Gasteiger partial charge in [0.2, 0.25) is 5.91 Å². The molecule has 0 aromatic heterocycles. The summed E-state index contributed by atoms with van der Waals surface area (Å²) in [4.78, 5) is 37.1. The molecule has 0 atom stereocenters. The molecule has 0 aliphatic carbocycles. The first-order chi connectivity index (χ1) is 11.9. The van der Waals surface area contributed by atoms with E-state index in [4.69, 9.17) is 0 Å². The van der Waals surface area contributed by atoms with Gasteiger partial charge in [-0.3, -0.25) is 19.3 Å². The van der Waals surface area contributed by atoms with E-state index in [0.717, 1.165) is 33.0 Å². The van der Waals surface area contributed by atoms with Crippen molar-refractivity contribution in [3.05, 3.63) is 63.6 Å². The third-order valence-electron chi connectivity index (χ3n) is 3.81. The normalized spacial score (nSPS) is 14.1. The van der Waals surface area contributed by atoms with Crippen molar-refractivity contribution in [2.45, 2.75) is 13.5 Å². The van der Waals surface area contributed by atoms with E-state index < -0.39 is 0 Å². The van der Waals surface area contributed by atoms with Gasteiger partial charge in [0.15, 0.2) is 0 Å². The second-order valence-corrected chi connectivity index (χ2v) is 7.49. The van der Waals surface area contributed by atoms with E-state index in [9.17, 15) is 14.4 Å². The van der Waals surface area contributed by atoms with Crippen LogP contribution in [0.1, 0.15) is 21.5 Å². The van der Waals surface area contributed by atoms with Crippen LogP contribution < -0.4 is 5.32 Å². The second kappa shape index (κ2) is 7.41. The minimum atomic E-state index is -0.245. The number of anilines is 1. The Morgan fingerprint density at radius 2 is 2.04 bits per heavy atom. The molecule has 3 rings (SSSR count). The van der Waals surface area contributed by atoms with E-state index in [-0.39, 0.29) is 29.4 Å². The highest BCUT2D eigenvalue weighted by atomic mass is 79.9. The van der Waals surface area contributed by atoms with Gasteiger partial charge in [-0.15, -0.1) is 0 Å². The van der Waals surface area contributed by atoms with Crippen molar-refractivity contribution in [1.82, 2.24) is 4.90 Å². The molecule has 25 heavy (non-hydrogen) atoms. The van der Waals surface area contributed by atoms with Crippen LogP contribution in [-0.4, -0.2) is 27.7 Å². The predicted molar refractivity (Wildman–Crippen MR) is 102 cm³/mol. The van der Waals surface area contributed by atoms with Gasteiger partial charge in [0.25, 0.3) is 11.1 Å². The van der Waals surface area contributed by atoms with E-state index in [0.29, 0.717) is 5.56 Å². The highest BCUT2D eigenvalue weighted by molar-refractivity contribution is 9.10. The first kappa shape index (κ1) is 17.7. The lowest BCUT2D eigenvalue weighted by molar-refractivity contribution is -0.125. The number of nitrogens with one attached hydrogen (secondary N) is 1. The van der Waals surface area contributed by atoms with Gasteiger partial charge in [0.1, 0.15) is 0 Å². The van der Waals surface area contributed by atoms with Gasteiger partial charge >= 0.3 is 0 Å². The van der Waals surface area contributed by atoms with Crippen LogP contribution >= 0.6 is 27.7 Å². The third kappa shape index (κ3) is 4.11. The lowest BCUT2D eigenvalue weighted by Crippen LogP contribution is -2.28. The Hall–Kier alpha value is -2.12. The maximum atomic E-state index is 12.5. The molecule has 1 heterocycles. The van der Waals surface area contributed by atoms with Crippen molar-refractivity contribution in [3.8, 4) is 0 Å². The summed E-state index contributed by atoms with van der Waals surface area (Å²) in [6, 6.07) is 12.6. The standard InChI is InChI=1S/C18H15BrN2O3S/c1-11-7-14(19)5-6-15(11)20-17(23)13-4-2-3-12(8-13)9-21-16(22)10-25-18(21)24/h2-8H,9-10H2,1H3,(H,20,23). The van der Waals surface area contributed by atoms with Crippen LogP contribution in [-0.2, 0) is 11.3 Å². The molecule has 2 aromatic rings. The molecular formula is C18H15BrN2O3S. The monoisotopic (exact) mass is 418 g/mol. The van der Waals surface area contributed by atoms with Crippen LogP contribution in [0.3, 0.4) is 0 Å². The molecular weight excluding hydrogens is 404 g/mol. The summed E-state index contributed by atoms with van der Waals surface area (Å²) < 4.78 is 0.947. The molecule has 1 aliphatic rings. The molecule has 5 nitrogen and oxygen atoms in total. The molecule has 7 heteroatoms. The molecule has 0 radical (unpaired) electrons. The van der Waals surface area contributed by atoms with E-state index >= 15 is 0 Å². The van der Waals surface area contributed by atoms with Crippen LogP contribution in [0.5, 0.6) is 0 Å². The molecule has 0 unspecified atom stereocenters. The van der Waals surface area contributed by atoms with Gasteiger partial charge < -0.3 is 5.32 Å². The summed E-state index contributed by atoms with van der Waals surface area (Å²) in [6.07, 6.45) is 0.